The van der Waals surface area contributed by atoms with Crippen molar-refractivity contribution in [1.82, 2.24) is 9.71 Å². The highest BCUT2D eigenvalue weighted by atomic mass is 32.2. The molecule has 138 valence electrons. The molecule has 0 saturated heterocycles. The molecule has 1 aliphatic carbocycles. The lowest BCUT2D eigenvalue weighted by Crippen LogP contribution is -2.38. The molecule has 3 aromatic rings. The summed E-state index contributed by atoms with van der Waals surface area (Å²) in [4.78, 5) is 4.55. The Hall–Kier alpha value is -1.83. The van der Waals surface area contributed by atoms with Gasteiger partial charge in [-0.1, -0.05) is 6.92 Å². The first-order chi connectivity index (χ1) is 12.5. The van der Waals surface area contributed by atoms with Gasteiger partial charge >= 0.3 is 0 Å². The van der Waals surface area contributed by atoms with Crippen LogP contribution in [0.4, 0.5) is 0 Å². The van der Waals surface area contributed by atoms with Gasteiger partial charge < -0.3 is 9.72 Å². The number of benzene rings is 1. The number of aryl methyl sites for hydroxylation is 2. The first kappa shape index (κ1) is 17.6. The Morgan fingerprint density at radius 3 is 2.88 bits per heavy atom. The summed E-state index contributed by atoms with van der Waals surface area (Å²) in [6, 6.07) is 9.48. The zero-order valence-electron chi connectivity index (χ0n) is 14.8. The van der Waals surface area contributed by atoms with Crippen molar-refractivity contribution in [2.75, 3.05) is 7.11 Å². The topological polar surface area (TPSA) is 71.2 Å². The van der Waals surface area contributed by atoms with Crippen LogP contribution < -0.4 is 9.46 Å². The molecule has 4 rings (SSSR count). The van der Waals surface area contributed by atoms with E-state index in [1.807, 2.05) is 31.2 Å². The number of sulfonamides is 1. The molecular weight excluding hydrogens is 368 g/mol. The van der Waals surface area contributed by atoms with E-state index in [0.717, 1.165) is 40.8 Å². The number of nitrogens with one attached hydrogen (secondary N) is 2. The quantitative estimate of drug-likeness (QED) is 0.699. The predicted octanol–water partition coefficient (Wildman–Crippen LogP) is 3.64. The number of hydrogen-bond acceptors (Lipinski definition) is 4. The molecule has 2 aromatic heterocycles. The lowest BCUT2D eigenvalue weighted by atomic mass is 9.92. The minimum absolute atomic E-state index is 0.0927. The van der Waals surface area contributed by atoms with Gasteiger partial charge in [0.15, 0.2) is 0 Å². The minimum atomic E-state index is -3.47. The maximum Gasteiger partial charge on any atom is 0.250 e. The van der Waals surface area contributed by atoms with E-state index in [0.29, 0.717) is 10.6 Å². The summed E-state index contributed by atoms with van der Waals surface area (Å²) >= 11 is 1.35. The van der Waals surface area contributed by atoms with E-state index < -0.39 is 10.0 Å². The number of methoxy groups -OCH3 is 1. The Balaban J connectivity index is 1.59. The molecule has 2 heterocycles. The second-order valence-electron chi connectivity index (χ2n) is 6.63. The first-order valence-electron chi connectivity index (χ1n) is 8.78. The fourth-order valence-electron chi connectivity index (χ4n) is 3.59. The number of aromatic nitrogens is 1. The Labute approximate surface area is 157 Å². The van der Waals surface area contributed by atoms with Crippen LogP contribution in [0, 0.1) is 0 Å². The highest BCUT2D eigenvalue weighted by molar-refractivity contribution is 7.91. The van der Waals surface area contributed by atoms with Crippen molar-refractivity contribution >= 4 is 32.3 Å². The summed E-state index contributed by atoms with van der Waals surface area (Å²) < 4.78 is 34.1. The second kappa shape index (κ2) is 6.72. The molecule has 0 spiro atoms. The zero-order valence-corrected chi connectivity index (χ0v) is 16.5. The Kier molecular flexibility index (Phi) is 4.54. The van der Waals surface area contributed by atoms with Crippen molar-refractivity contribution in [2.45, 2.75) is 42.9 Å². The number of hydrogen-bond donors (Lipinski definition) is 2. The third-order valence-corrected chi connectivity index (χ3v) is 8.21. The van der Waals surface area contributed by atoms with Gasteiger partial charge in [0, 0.05) is 27.5 Å². The average molecular weight is 391 g/mol. The summed E-state index contributed by atoms with van der Waals surface area (Å²) in [6.07, 6.45) is 3.17. The highest BCUT2D eigenvalue weighted by Gasteiger charge is 2.27. The van der Waals surface area contributed by atoms with Gasteiger partial charge in [-0.15, -0.1) is 11.3 Å². The van der Waals surface area contributed by atoms with Crippen molar-refractivity contribution in [1.29, 1.82) is 0 Å². The molecule has 1 aliphatic rings. The summed E-state index contributed by atoms with van der Waals surface area (Å²) in [5, 5.41) is 1.12. The zero-order chi connectivity index (χ0) is 18.3. The van der Waals surface area contributed by atoms with Crippen LogP contribution in [0.5, 0.6) is 5.75 Å². The van der Waals surface area contributed by atoms with Crippen molar-refractivity contribution in [3.8, 4) is 5.75 Å². The summed E-state index contributed by atoms with van der Waals surface area (Å²) in [5.74, 6) is 0.813. The molecule has 0 amide bonds. The van der Waals surface area contributed by atoms with E-state index in [1.165, 1.54) is 22.6 Å². The normalized spacial score (nSPS) is 17.4. The van der Waals surface area contributed by atoms with Crippen LogP contribution in [0.15, 0.2) is 34.5 Å². The lowest BCUT2D eigenvalue weighted by molar-refractivity contribution is 0.415. The van der Waals surface area contributed by atoms with Crippen molar-refractivity contribution < 1.29 is 13.2 Å². The van der Waals surface area contributed by atoms with E-state index >= 15 is 0 Å². The van der Waals surface area contributed by atoms with Crippen LogP contribution in [0.2, 0.25) is 0 Å². The molecule has 0 fully saturated rings. The predicted molar refractivity (Wildman–Crippen MR) is 105 cm³/mol. The fourth-order valence-corrected chi connectivity index (χ4v) is 6.18. The first-order valence-corrected chi connectivity index (χ1v) is 11.1. The Morgan fingerprint density at radius 2 is 2.15 bits per heavy atom. The summed E-state index contributed by atoms with van der Waals surface area (Å²) in [6.45, 7) is 2.03. The average Bonchev–Trinajstić information content (AvgIpc) is 3.25. The number of rotatable bonds is 5. The van der Waals surface area contributed by atoms with Gasteiger partial charge in [-0.3, -0.25) is 0 Å². The molecular formula is C19H22N2O3S2. The van der Waals surface area contributed by atoms with E-state index in [9.17, 15) is 8.42 Å². The van der Waals surface area contributed by atoms with Crippen LogP contribution in [-0.4, -0.2) is 26.6 Å². The van der Waals surface area contributed by atoms with Gasteiger partial charge in [-0.25, -0.2) is 13.1 Å². The monoisotopic (exact) mass is 390 g/mol. The summed E-state index contributed by atoms with van der Waals surface area (Å²) in [7, 11) is -1.81. The largest absolute Gasteiger partial charge is 0.497 e. The molecule has 2 N–H and O–H groups in total. The van der Waals surface area contributed by atoms with Crippen molar-refractivity contribution in [3.63, 3.8) is 0 Å². The van der Waals surface area contributed by atoms with Gasteiger partial charge in [0.1, 0.15) is 9.96 Å². The molecule has 1 unspecified atom stereocenters. The molecule has 7 heteroatoms. The lowest BCUT2D eigenvalue weighted by Gasteiger charge is -2.23. The minimum Gasteiger partial charge on any atom is -0.497 e. The SMILES string of the molecule is CCc1ccc(S(=O)(=O)NC2CCc3[nH]c4ccc(OC)cc4c3C2)s1. The maximum atomic E-state index is 12.7. The summed E-state index contributed by atoms with van der Waals surface area (Å²) in [5.41, 5.74) is 3.47. The number of H-pyrrole nitrogens is 1. The van der Waals surface area contributed by atoms with Gasteiger partial charge in [-0.05, 0) is 61.6 Å². The van der Waals surface area contributed by atoms with E-state index in [2.05, 4.69) is 9.71 Å². The third-order valence-electron chi connectivity index (χ3n) is 4.97. The Bertz CT molecular complexity index is 1050. The number of fused-ring (bicyclic) bond motifs is 3. The molecule has 0 radical (unpaired) electrons. The fraction of sp³-hybridized carbons (Fsp3) is 0.368. The molecule has 0 saturated carbocycles. The van der Waals surface area contributed by atoms with Gasteiger partial charge in [0.25, 0.3) is 0 Å². The van der Waals surface area contributed by atoms with E-state index in [-0.39, 0.29) is 6.04 Å². The van der Waals surface area contributed by atoms with Gasteiger partial charge in [-0.2, -0.15) is 0 Å². The van der Waals surface area contributed by atoms with Gasteiger partial charge in [0.2, 0.25) is 10.0 Å². The number of ether oxygens (including phenoxy) is 1. The maximum absolute atomic E-state index is 12.7. The number of thiophene rings is 1. The molecule has 1 atom stereocenters. The molecule has 5 nitrogen and oxygen atoms in total. The van der Waals surface area contributed by atoms with E-state index in [4.69, 9.17) is 4.74 Å². The Morgan fingerprint density at radius 1 is 1.31 bits per heavy atom. The molecule has 0 aliphatic heterocycles. The van der Waals surface area contributed by atoms with Gasteiger partial charge in [0.05, 0.1) is 7.11 Å². The smallest absolute Gasteiger partial charge is 0.250 e. The highest BCUT2D eigenvalue weighted by Crippen LogP contribution is 2.32. The van der Waals surface area contributed by atoms with Crippen LogP contribution >= 0.6 is 11.3 Å². The second-order valence-corrected chi connectivity index (χ2v) is 9.74. The third kappa shape index (κ3) is 3.15. The van der Waals surface area contributed by atoms with Crippen molar-refractivity contribution in [2.24, 2.45) is 0 Å². The standard InChI is InChI=1S/C19H22N2O3S2/c1-3-14-6-9-19(25-14)26(22,23)21-12-4-7-17-15(10-12)16-11-13(24-2)5-8-18(16)20-17/h5-6,8-9,11-12,20-21H,3-4,7,10H2,1-2H3. The van der Waals surface area contributed by atoms with Crippen LogP contribution in [0.3, 0.4) is 0 Å². The molecule has 26 heavy (non-hydrogen) atoms. The number of aromatic amines is 1. The molecule has 0 bridgehead atoms. The van der Waals surface area contributed by atoms with Crippen LogP contribution in [0.1, 0.15) is 29.5 Å². The van der Waals surface area contributed by atoms with Crippen LogP contribution in [-0.2, 0) is 29.3 Å². The van der Waals surface area contributed by atoms with Crippen molar-refractivity contribution in [3.05, 3.63) is 46.5 Å². The van der Waals surface area contributed by atoms with E-state index in [1.54, 1.807) is 13.2 Å². The molecule has 1 aromatic carbocycles. The van der Waals surface area contributed by atoms with Crippen LogP contribution in [0.25, 0.3) is 10.9 Å².